The zero-order valence-corrected chi connectivity index (χ0v) is 15.6. The van der Waals surface area contributed by atoms with Gasteiger partial charge in [-0.25, -0.2) is 4.98 Å². The maximum absolute atomic E-state index is 12.3. The summed E-state index contributed by atoms with van der Waals surface area (Å²) in [5, 5.41) is 5.64. The summed E-state index contributed by atoms with van der Waals surface area (Å²) in [5.74, 6) is 0.411. The molecule has 0 aliphatic heterocycles. The summed E-state index contributed by atoms with van der Waals surface area (Å²) < 4.78 is 5.90. The zero-order valence-electron chi connectivity index (χ0n) is 14.8. The van der Waals surface area contributed by atoms with Crippen molar-refractivity contribution < 1.29 is 14.3 Å². The molecule has 2 aromatic rings. The van der Waals surface area contributed by atoms with E-state index < -0.39 is 0 Å². The van der Waals surface area contributed by atoms with E-state index in [4.69, 9.17) is 4.74 Å². The van der Waals surface area contributed by atoms with Crippen LogP contribution in [0.15, 0.2) is 30.5 Å². The van der Waals surface area contributed by atoms with Crippen molar-refractivity contribution in [1.29, 1.82) is 0 Å². The average molecular weight is 373 g/mol. The summed E-state index contributed by atoms with van der Waals surface area (Å²) in [5.41, 5.74) is 0.955. The topological polar surface area (TPSA) is 80.3 Å². The molecule has 1 saturated carbocycles. The van der Waals surface area contributed by atoms with Crippen LogP contribution >= 0.6 is 11.3 Å². The van der Waals surface area contributed by atoms with Crippen LogP contribution in [0.2, 0.25) is 0 Å². The molecule has 0 saturated heterocycles. The molecule has 138 valence electrons. The molecule has 0 atom stereocenters. The molecule has 26 heavy (non-hydrogen) atoms. The smallest absolute Gasteiger partial charge is 0.261 e. The Hall–Kier alpha value is -2.41. The largest absolute Gasteiger partial charge is 0.474 e. The molecular weight excluding hydrogens is 350 g/mol. The Labute approximate surface area is 157 Å². The molecule has 1 fully saturated rings. The molecule has 2 N–H and O–H groups in total. The van der Waals surface area contributed by atoms with Crippen molar-refractivity contribution in [3.8, 4) is 5.88 Å². The minimum absolute atomic E-state index is 0.0854. The average Bonchev–Trinajstić information content (AvgIpc) is 3.30. The summed E-state index contributed by atoms with van der Waals surface area (Å²) in [6.07, 6.45) is 6.57. The normalized spacial score (nSPS) is 14.2. The predicted molar refractivity (Wildman–Crippen MR) is 100 cm³/mol. The molecule has 2 aromatic heterocycles. The van der Waals surface area contributed by atoms with E-state index in [1.807, 2.05) is 18.2 Å². The fourth-order valence-corrected chi connectivity index (χ4v) is 3.74. The second-order valence-corrected chi connectivity index (χ2v) is 7.55. The number of rotatable bonds is 7. The van der Waals surface area contributed by atoms with Crippen LogP contribution in [0.5, 0.6) is 5.88 Å². The van der Waals surface area contributed by atoms with Crippen LogP contribution in [0.3, 0.4) is 0 Å². The fourth-order valence-electron chi connectivity index (χ4n) is 2.88. The van der Waals surface area contributed by atoms with Gasteiger partial charge in [0.05, 0.1) is 11.4 Å². The predicted octanol–water partition coefficient (Wildman–Crippen LogP) is 3.03. The van der Waals surface area contributed by atoms with Gasteiger partial charge in [-0.2, -0.15) is 0 Å². The second kappa shape index (κ2) is 8.80. The van der Waals surface area contributed by atoms with Crippen LogP contribution < -0.4 is 15.4 Å². The molecule has 0 unspecified atom stereocenters. The first-order valence-electron chi connectivity index (χ1n) is 8.83. The van der Waals surface area contributed by atoms with Gasteiger partial charge >= 0.3 is 0 Å². The van der Waals surface area contributed by atoms with Gasteiger partial charge in [-0.05, 0) is 49.4 Å². The highest BCUT2D eigenvalue weighted by molar-refractivity contribution is 7.14. The first-order valence-corrected chi connectivity index (χ1v) is 9.65. The van der Waals surface area contributed by atoms with Crippen molar-refractivity contribution in [2.24, 2.45) is 0 Å². The highest BCUT2D eigenvalue weighted by atomic mass is 32.1. The Kier molecular flexibility index (Phi) is 6.22. The van der Waals surface area contributed by atoms with Gasteiger partial charge in [0.25, 0.3) is 5.91 Å². The minimum Gasteiger partial charge on any atom is -0.474 e. The van der Waals surface area contributed by atoms with Gasteiger partial charge in [0.1, 0.15) is 6.10 Å². The van der Waals surface area contributed by atoms with Gasteiger partial charge in [0.2, 0.25) is 11.8 Å². The number of nitrogens with zero attached hydrogens (tertiary/aromatic N) is 1. The lowest BCUT2D eigenvalue weighted by atomic mass is 10.2. The summed E-state index contributed by atoms with van der Waals surface area (Å²) in [7, 11) is 0. The lowest BCUT2D eigenvalue weighted by Crippen LogP contribution is -2.22. The quantitative estimate of drug-likeness (QED) is 0.782. The van der Waals surface area contributed by atoms with E-state index in [9.17, 15) is 9.59 Å². The van der Waals surface area contributed by atoms with Gasteiger partial charge in [-0.1, -0.05) is 0 Å². The van der Waals surface area contributed by atoms with Crippen molar-refractivity contribution in [2.75, 3.05) is 0 Å². The first-order chi connectivity index (χ1) is 12.6. The van der Waals surface area contributed by atoms with E-state index in [1.165, 1.54) is 31.1 Å². The number of hydrogen-bond acceptors (Lipinski definition) is 5. The number of ether oxygens (including phenoxy) is 1. The van der Waals surface area contributed by atoms with Crippen LogP contribution in [-0.4, -0.2) is 22.9 Å². The Balaban J connectivity index is 1.51. The standard InChI is InChI=1S/C19H23N3O3S/c1-13(23)21-12-16-6-7-17(26-16)19(24)22-11-14-8-9-20-18(10-14)25-15-4-2-3-5-15/h6-10,15H,2-5,11-12H2,1H3,(H,21,23)(H,22,24). The van der Waals surface area contributed by atoms with E-state index >= 15 is 0 Å². The number of hydrogen-bond donors (Lipinski definition) is 2. The van der Waals surface area contributed by atoms with Crippen LogP contribution in [0.25, 0.3) is 0 Å². The number of pyridine rings is 1. The highest BCUT2D eigenvalue weighted by Crippen LogP contribution is 2.23. The highest BCUT2D eigenvalue weighted by Gasteiger charge is 2.17. The molecule has 0 bridgehead atoms. The molecule has 2 amide bonds. The van der Waals surface area contributed by atoms with Gasteiger partial charge in [0.15, 0.2) is 0 Å². The van der Waals surface area contributed by atoms with Crippen LogP contribution in [0.4, 0.5) is 0 Å². The third kappa shape index (κ3) is 5.29. The molecular formula is C19H23N3O3S. The van der Waals surface area contributed by atoms with Gasteiger partial charge in [0, 0.05) is 30.6 Å². The van der Waals surface area contributed by atoms with Crippen LogP contribution in [0.1, 0.15) is 52.7 Å². The van der Waals surface area contributed by atoms with Gasteiger partial charge in [-0.3, -0.25) is 9.59 Å². The molecule has 0 spiro atoms. The number of nitrogens with one attached hydrogen (secondary N) is 2. The van der Waals surface area contributed by atoms with Crippen molar-refractivity contribution in [1.82, 2.24) is 15.6 Å². The Bertz CT molecular complexity index is 769. The van der Waals surface area contributed by atoms with E-state index in [-0.39, 0.29) is 17.9 Å². The number of aromatic nitrogens is 1. The number of carbonyl (C=O) groups is 2. The molecule has 3 rings (SSSR count). The molecule has 2 heterocycles. The van der Waals surface area contributed by atoms with Crippen molar-refractivity contribution in [3.63, 3.8) is 0 Å². The molecule has 1 aliphatic rings. The van der Waals surface area contributed by atoms with Crippen molar-refractivity contribution >= 4 is 23.2 Å². The second-order valence-electron chi connectivity index (χ2n) is 6.39. The third-order valence-electron chi connectivity index (χ3n) is 4.24. The SMILES string of the molecule is CC(=O)NCc1ccc(C(=O)NCc2ccnc(OC3CCCC3)c2)s1. The monoisotopic (exact) mass is 373 g/mol. The lowest BCUT2D eigenvalue weighted by Gasteiger charge is -2.12. The van der Waals surface area contributed by atoms with Gasteiger partial charge < -0.3 is 15.4 Å². The number of carbonyl (C=O) groups excluding carboxylic acids is 2. The molecule has 6 nitrogen and oxygen atoms in total. The van der Waals surface area contributed by atoms with Crippen molar-refractivity contribution in [3.05, 3.63) is 45.8 Å². The van der Waals surface area contributed by atoms with E-state index in [0.29, 0.717) is 23.8 Å². The van der Waals surface area contributed by atoms with Crippen molar-refractivity contribution in [2.45, 2.75) is 51.8 Å². The van der Waals surface area contributed by atoms with E-state index in [1.54, 1.807) is 12.3 Å². The van der Waals surface area contributed by atoms with Gasteiger partial charge in [-0.15, -0.1) is 11.3 Å². The number of amides is 2. The minimum atomic E-state index is -0.126. The third-order valence-corrected chi connectivity index (χ3v) is 5.32. The lowest BCUT2D eigenvalue weighted by molar-refractivity contribution is -0.119. The van der Waals surface area contributed by atoms with E-state index in [0.717, 1.165) is 23.3 Å². The summed E-state index contributed by atoms with van der Waals surface area (Å²) >= 11 is 1.38. The summed E-state index contributed by atoms with van der Waals surface area (Å²) in [4.78, 5) is 29.1. The number of thiophene rings is 1. The Morgan fingerprint density at radius 2 is 2.00 bits per heavy atom. The fraction of sp³-hybridized carbons (Fsp3) is 0.421. The molecule has 7 heteroatoms. The summed E-state index contributed by atoms with van der Waals surface area (Å²) in [6, 6.07) is 7.39. The Morgan fingerprint density at radius 1 is 1.19 bits per heavy atom. The summed E-state index contributed by atoms with van der Waals surface area (Å²) in [6.45, 7) is 2.33. The maximum Gasteiger partial charge on any atom is 0.261 e. The van der Waals surface area contributed by atoms with E-state index in [2.05, 4.69) is 15.6 Å². The Morgan fingerprint density at radius 3 is 2.77 bits per heavy atom. The van der Waals surface area contributed by atoms with Crippen LogP contribution in [-0.2, 0) is 17.9 Å². The maximum atomic E-state index is 12.3. The molecule has 0 radical (unpaired) electrons. The van der Waals surface area contributed by atoms with Crippen LogP contribution in [0, 0.1) is 0 Å². The molecule has 0 aromatic carbocycles. The zero-order chi connectivity index (χ0) is 18.4. The molecule has 1 aliphatic carbocycles. The first kappa shape index (κ1) is 18.4.